The number of ether oxygens (including phenoxy) is 1. The van der Waals surface area contributed by atoms with E-state index in [1.165, 1.54) is 0 Å². The average molecular weight is 271 g/mol. The molecule has 0 aliphatic rings. The summed E-state index contributed by atoms with van der Waals surface area (Å²) in [5, 5.41) is 20.1. The van der Waals surface area contributed by atoms with Crippen molar-refractivity contribution in [3.63, 3.8) is 0 Å². The van der Waals surface area contributed by atoms with Gasteiger partial charge in [0.25, 0.3) is 10.1 Å². The molecule has 0 bridgehead atoms. The molecule has 0 saturated carbocycles. The number of nitrogens with one attached hydrogen (secondary N) is 1. The quantitative estimate of drug-likeness (QED) is 0.273. The highest BCUT2D eigenvalue weighted by Gasteiger charge is 2.06. The molecule has 0 saturated heterocycles. The highest BCUT2D eigenvalue weighted by molar-refractivity contribution is 7.85. The summed E-state index contributed by atoms with van der Waals surface area (Å²) in [6.45, 7) is -0.113. The van der Waals surface area contributed by atoms with Gasteiger partial charge in [0, 0.05) is 13.2 Å². The van der Waals surface area contributed by atoms with Crippen LogP contribution < -0.4 is 5.32 Å². The Bertz CT molecular complexity index is 316. The first kappa shape index (κ1) is 16.3. The minimum absolute atomic E-state index is 0.0297. The Labute approximate surface area is 99.3 Å². The topological polar surface area (TPSA) is 133 Å². The van der Waals surface area contributed by atoms with Crippen molar-refractivity contribution >= 4 is 16.1 Å². The second kappa shape index (κ2) is 8.37. The molecule has 0 aliphatic carbocycles. The number of carboxylic acids is 1. The number of aliphatic hydroxyl groups excluding tert-OH is 1. The van der Waals surface area contributed by atoms with Gasteiger partial charge in [0.2, 0.25) is 0 Å². The molecule has 0 spiro atoms. The lowest BCUT2D eigenvalue weighted by atomic mass is 10.4. The maximum absolute atomic E-state index is 10.3. The largest absolute Gasteiger partial charge is 0.480 e. The van der Waals surface area contributed by atoms with Crippen LogP contribution in [0.3, 0.4) is 0 Å². The number of hydrogen-bond acceptors (Lipinski definition) is 6. The summed E-state index contributed by atoms with van der Waals surface area (Å²) in [4.78, 5) is 10.1. The molecule has 0 aromatic heterocycles. The average Bonchev–Trinajstić information content (AvgIpc) is 2.14. The van der Waals surface area contributed by atoms with Crippen LogP contribution in [0.25, 0.3) is 0 Å². The predicted molar refractivity (Wildman–Crippen MR) is 58.4 cm³/mol. The van der Waals surface area contributed by atoms with Crippen molar-refractivity contribution < 1.29 is 32.7 Å². The van der Waals surface area contributed by atoms with Crippen molar-refractivity contribution in [1.82, 2.24) is 5.32 Å². The Hall–Kier alpha value is -0.740. The summed E-state index contributed by atoms with van der Waals surface area (Å²) in [7, 11) is -3.97. The van der Waals surface area contributed by atoms with Crippen molar-refractivity contribution in [1.29, 1.82) is 0 Å². The molecule has 0 aromatic carbocycles. The van der Waals surface area contributed by atoms with Gasteiger partial charge in [-0.1, -0.05) is 0 Å². The highest BCUT2D eigenvalue weighted by atomic mass is 32.2. The fourth-order valence-corrected chi connectivity index (χ4v) is 1.45. The summed E-state index contributed by atoms with van der Waals surface area (Å²) in [6.07, 6.45) is -0.728. The van der Waals surface area contributed by atoms with Gasteiger partial charge in [-0.25, -0.2) is 0 Å². The molecule has 0 aromatic rings. The third-order valence-electron chi connectivity index (χ3n) is 1.66. The molecule has 9 heteroatoms. The van der Waals surface area contributed by atoms with E-state index in [-0.39, 0.29) is 38.5 Å². The molecule has 0 radical (unpaired) electrons. The molecular formula is C8H17NO7S. The Morgan fingerprint density at radius 2 is 2.06 bits per heavy atom. The number of aliphatic carboxylic acids is 1. The van der Waals surface area contributed by atoms with Gasteiger partial charge in [-0.2, -0.15) is 8.42 Å². The zero-order chi connectivity index (χ0) is 13.3. The van der Waals surface area contributed by atoms with E-state index in [1.54, 1.807) is 0 Å². The first-order chi connectivity index (χ1) is 7.81. The normalized spacial score (nSPS) is 13.5. The molecule has 1 atom stereocenters. The Morgan fingerprint density at radius 3 is 2.59 bits per heavy atom. The van der Waals surface area contributed by atoms with Crippen LogP contribution in [-0.4, -0.2) is 67.3 Å². The summed E-state index contributed by atoms with van der Waals surface area (Å²) in [5.41, 5.74) is 0. The molecule has 102 valence electrons. The van der Waals surface area contributed by atoms with E-state index in [0.717, 1.165) is 0 Å². The van der Waals surface area contributed by atoms with Crippen molar-refractivity contribution in [2.75, 3.05) is 32.1 Å². The maximum Gasteiger partial charge on any atom is 0.317 e. The maximum atomic E-state index is 10.3. The predicted octanol–water partition coefficient (Wildman–Crippen LogP) is -1.68. The van der Waals surface area contributed by atoms with Crippen molar-refractivity contribution in [3.05, 3.63) is 0 Å². The smallest absolute Gasteiger partial charge is 0.317 e. The summed E-state index contributed by atoms with van der Waals surface area (Å²) < 4.78 is 34.0. The van der Waals surface area contributed by atoms with Gasteiger partial charge in [0.15, 0.2) is 0 Å². The molecular weight excluding hydrogens is 254 g/mol. The van der Waals surface area contributed by atoms with Crippen molar-refractivity contribution in [3.8, 4) is 0 Å². The van der Waals surface area contributed by atoms with Crippen LogP contribution in [0.1, 0.15) is 6.42 Å². The zero-order valence-corrected chi connectivity index (χ0v) is 10.0. The van der Waals surface area contributed by atoms with E-state index in [2.05, 4.69) is 5.32 Å². The number of carboxylic acid groups (broad SMARTS) is 1. The van der Waals surface area contributed by atoms with Crippen molar-refractivity contribution in [2.24, 2.45) is 0 Å². The lowest BCUT2D eigenvalue weighted by molar-refractivity contribution is -0.136. The van der Waals surface area contributed by atoms with Gasteiger partial charge >= 0.3 is 5.97 Å². The molecule has 0 rings (SSSR count). The van der Waals surface area contributed by atoms with Gasteiger partial charge in [-0.05, 0) is 6.42 Å². The second-order valence-electron chi connectivity index (χ2n) is 3.39. The zero-order valence-electron chi connectivity index (χ0n) is 9.20. The lowest BCUT2D eigenvalue weighted by Gasteiger charge is -2.11. The van der Waals surface area contributed by atoms with Crippen molar-refractivity contribution in [2.45, 2.75) is 12.5 Å². The summed E-state index contributed by atoms with van der Waals surface area (Å²) >= 11 is 0. The number of hydrogen-bond donors (Lipinski definition) is 4. The van der Waals surface area contributed by atoms with E-state index in [9.17, 15) is 18.3 Å². The van der Waals surface area contributed by atoms with Crippen LogP contribution in [0.5, 0.6) is 0 Å². The molecule has 0 aliphatic heterocycles. The minimum atomic E-state index is -3.97. The highest BCUT2D eigenvalue weighted by Crippen LogP contribution is 1.91. The molecule has 0 amide bonds. The summed E-state index contributed by atoms with van der Waals surface area (Å²) in [6, 6.07) is 0. The summed E-state index contributed by atoms with van der Waals surface area (Å²) in [5.74, 6) is -1.41. The third kappa shape index (κ3) is 13.2. The Kier molecular flexibility index (Phi) is 8.00. The second-order valence-corrected chi connectivity index (χ2v) is 4.97. The van der Waals surface area contributed by atoms with Gasteiger partial charge in [-0.15, -0.1) is 0 Å². The monoisotopic (exact) mass is 271 g/mol. The van der Waals surface area contributed by atoms with E-state index >= 15 is 0 Å². The van der Waals surface area contributed by atoms with Gasteiger partial charge in [-0.3, -0.25) is 9.35 Å². The molecule has 17 heavy (non-hydrogen) atoms. The van der Waals surface area contributed by atoms with E-state index < -0.39 is 22.2 Å². The first-order valence-electron chi connectivity index (χ1n) is 4.95. The van der Waals surface area contributed by atoms with Gasteiger partial charge in [0.05, 0.1) is 25.0 Å². The van der Waals surface area contributed by atoms with Crippen LogP contribution in [-0.2, 0) is 19.6 Å². The van der Waals surface area contributed by atoms with Crippen LogP contribution in [0.15, 0.2) is 0 Å². The molecule has 8 nitrogen and oxygen atoms in total. The van der Waals surface area contributed by atoms with Crippen LogP contribution in [0.4, 0.5) is 0 Å². The van der Waals surface area contributed by atoms with Gasteiger partial charge in [0.1, 0.15) is 0 Å². The standard InChI is InChI=1S/C8H17NO7S/c10-7(4-9-5-8(11)12)6-16-2-1-3-17(13,14)15/h7,9-10H,1-6H2,(H,11,12)(H,13,14,15). The van der Waals surface area contributed by atoms with E-state index in [0.29, 0.717) is 0 Å². The van der Waals surface area contributed by atoms with Crippen LogP contribution in [0.2, 0.25) is 0 Å². The molecule has 0 fully saturated rings. The Balaban J connectivity index is 3.39. The molecule has 4 N–H and O–H groups in total. The number of aliphatic hydroxyl groups is 1. The number of carbonyl (C=O) groups is 1. The van der Waals surface area contributed by atoms with E-state index in [1.807, 2.05) is 0 Å². The van der Waals surface area contributed by atoms with E-state index in [4.69, 9.17) is 14.4 Å². The number of rotatable bonds is 10. The fraction of sp³-hybridized carbons (Fsp3) is 0.875. The fourth-order valence-electron chi connectivity index (χ4n) is 0.967. The molecule has 1 unspecified atom stereocenters. The third-order valence-corrected chi connectivity index (χ3v) is 2.46. The SMILES string of the molecule is O=C(O)CNCC(O)COCCCS(=O)(=O)O. The van der Waals surface area contributed by atoms with Gasteiger partial charge < -0.3 is 20.3 Å². The van der Waals surface area contributed by atoms with Crippen LogP contribution in [0, 0.1) is 0 Å². The molecule has 0 heterocycles. The minimum Gasteiger partial charge on any atom is -0.480 e. The first-order valence-corrected chi connectivity index (χ1v) is 6.55. The van der Waals surface area contributed by atoms with Crippen LogP contribution >= 0.6 is 0 Å². The Morgan fingerprint density at radius 1 is 1.41 bits per heavy atom. The lowest BCUT2D eigenvalue weighted by Crippen LogP contribution is -2.33.